The third kappa shape index (κ3) is 4.92. The van der Waals surface area contributed by atoms with Gasteiger partial charge in [0.1, 0.15) is 0 Å². The minimum atomic E-state index is 0.624. The van der Waals surface area contributed by atoms with E-state index in [4.69, 9.17) is 0 Å². The molecule has 0 aromatic carbocycles. The summed E-state index contributed by atoms with van der Waals surface area (Å²) in [5, 5.41) is 4.66. The highest BCUT2D eigenvalue weighted by molar-refractivity contribution is 8.14. The molecule has 0 unspecified atom stereocenters. The Morgan fingerprint density at radius 1 is 1.40 bits per heavy atom. The van der Waals surface area contributed by atoms with Gasteiger partial charge in [-0.25, -0.2) is 0 Å². The molecular weight excluding hydrogens is 204 g/mol. The summed E-state index contributed by atoms with van der Waals surface area (Å²) in [4.78, 5) is 4.60. The largest absolute Gasteiger partial charge is 0.361 e. The Labute approximate surface area is 98.3 Å². The molecule has 15 heavy (non-hydrogen) atoms. The summed E-state index contributed by atoms with van der Waals surface area (Å²) in [6.07, 6.45) is 2.50. The summed E-state index contributed by atoms with van der Waals surface area (Å²) < 4.78 is 0. The van der Waals surface area contributed by atoms with Crippen LogP contribution in [0.1, 0.15) is 40.5 Å². The van der Waals surface area contributed by atoms with Gasteiger partial charge in [-0.15, -0.1) is 0 Å². The lowest BCUT2D eigenvalue weighted by molar-refractivity contribution is 0.502. The molecule has 0 amide bonds. The molecule has 88 valence electrons. The van der Waals surface area contributed by atoms with Gasteiger partial charge in [-0.2, -0.15) is 0 Å². The number of hydrogen-bond acceptors (Lipinski definition) is 2. The van der Waals surface area contributed by atoms with Crippen LogP contribution in [0.5, 0.6) is 0 Å². The molecule has 1 heterocycles. The fraction of sp³-hybridized carbons (Fsp3) is 0.917. The second-order valence-electron chi connectivity index (χ2n) is 5.03. The Balaban J connectivity index is 2.19. The van der Waals surface area contributed by atoms with Crippen LogP contribution in [0.3, 0.4) is 0 Å². The average molecular weight is 228 g/mol. The molecule has 1 rings (SSSR count). The Hall–Kier alpha value is -0.180. The first-order valence-electron chi connectivity index (χ1n) is 6.03. The van der Waals surface area contributed by atoms with Crippen LogP contribution in [0.25, 0.3) is 0 Å². The number of nitrogens with one attached hydrogen (secondary N) is 1. The van der Waals surface area contributed by atoms with Gasteiger partial charge in [0.25, 0.3) is 0 Å². The van der Waals surface area contributed by atoms with Crippen molar-refractivity contribution >= 4 is 16.9 Å². The quantitative estimate of drug-likeness (QED) is 0.731. The highest BCUT2D eigenvalue weighted by atomic mass is 32.2. The normalized spacial score (nSPS) is 24.1. The summed E-state index contributed by atoms with van der Waals surface area (Å²) in [6, 6.07) is 0.624. The summed E-state index contributed by atoms with van der Waals surface area (Å²) >= 11 is 1.88. The standard InChI is InChI=1S/C12H24N2S/c1-9(2)6-5-7-13-12-14-11(8-15-12)10(3)4/h9-11H,5-8H2,1-4H3,(H,13,14)/t11-/m1/s1. The number of amidine groups is 1. The molecule has 1 saturated heterocycles. The molecule has 0 radical (unpaired) electrons. The number of thioether (sulfide) groups is 1. The van der Waals surface area contributed by atoms with Crippen LogP contribution in [-0.2, 0) is 0 Å². The summed E-state index contributed by atoms with van der Waals surface area (Å²) in [6.45, 7) is 10.0. The minimum absolute atomic E-state index is 0.624. The van der Waals surface area contributed by atoms with Crippen molar-refractivity contribution in [3.63, 3.8) is 0 Å². The lowest BCUT2D eigenvalue weighted by Gasteiger charge is -2.13. The highest BCUT2D eigenvalue weighted by Gasteiger charge is 2.22. The van der Waals surface area contributed by atoms with Crippen molar-refractivity contribution in [1.29, 1.82) is 0 Å². The van der Waals surface area contributed by atoms with Crippen molar-refractivity contribution < 1.29 is 0 Å². The van der Waals surface area contributed by atoms with E-state index in [1.54, 1.807) is 0 Å². The van der Waals surface area contributed by atoms with Crippen LogP contribution in [-0.4, -0.2) is 23.5 Å². The molecule has 1 aliphatic rings. The molecule has 0 saturated carbocycles. The number of nitrogens with zero attached hydrogens (tertiary/aromatic N) is 1. The SMILES string of the molecule is CC(C)CCCN=C1N[C@@H](C(C)C)CS1. The van der Waals surface area contributed by atoms with Crippen molar-refractivity contribution in [2.24, 2.45) is 16.8 Å². The van der Waals surface area contributed by atoms with Gasteiger partial charge in [0.15, 0.2) is 5.17 Å². The van der Waals surface area contributed by atoms with Crippen LogP contribution in [0.15, 0.2) is 4.99 Å². The maximum Gasteiger partial charge on any atom is 0.156 e. The zero-order chi connectivity index (χ0) is 11.3. The lowest BCUT2D eigenvalue weighted by atomic mass is 10.1. The van der Waals surface area contributed by atoms with Gasteiger partial charge < -0.3 is 5.32 Å². The topological polar surface area (TPSA) is 24.4 Å². The maximum atomic E-state index is 4.60. The first kappa shape index (κ1) is 12.9. The molecule has 0 bridgehead atoms. The van der Waals surface area contributed by atoms with Crippen LogP contribution in [0.2, 0.25) is 0 Å². The predicted octanol–water partition coefficient (Wildman–Crippen LogP) is 3.14. The van der Waals surface area contributed by atoms with Gasteiger partial charge in [-0.05, 0) is 24.7 Å². The smallest absolute Gasteiger partial charge is 0.156 e. The van der Waals surface area contributed by atoms with E-state index in [2.05, 4.69) is 38.0 Å². The van der Waals surface area contributed by atoms with Crippen LogP contribution in [0, 0.1) is 11.8 Å². The van der Waals surface area contributed by atoms with E-state index < -0.39 is 0 Å². The number of rotatable bonds is 5. The van der Waals surface area contributed by atoms with E-state index in [9.17, 15) is 0 Å². The van der Waals surface area contributed by atoms with Crippen LogP contribution >= 0.6 is 11.8 Å². The van der Waals surface area contributed by atoms with Crippen molar-refractivity contribution in [1.82, 2.24) is 5.32 Å². The first-order chi connectivity index (χ1) is 7.09. The van der Waals surface area contributed by atoms with E-state index in [-0.39, 0.29) is 0 Å². The highest BCUT2D eigenvalue weighted by Crippen LogP contribution is 2.19. The number of hydrogen-bond donors (Lipinski definition) is 1. The van der Waals surface area contributed by atoms with Crippen LogP contribution < -0.4 is 5.32 Å². The molecular formula is C12H24N2S. The fourth-order valence-electron chi connectivity index (χ4n) is 1.54. The van der Waals surface area contributed by atoms with Crippen molar-refractivity contribution in [3.8, 4) is 0 Å². The lowest BCUT2D eigenvalue weighted by Crippen LogP contribution is -2.31. The van der Waals surface area contributed by atoms with Gasteiger partial charge in [0, 0.05) is 18.3 Å². The van der Waals surface area contributed by atoms with Gasteiger partial charge in [0.05, 0.1) is 0 Å². The van der Waals surface area contributed by atoms with Crippen molar-refractivity contribution in [2.45, 2.75) is 46.6 Å². The number of aliphatic imine (C=N–C) groups is 1. The molecule has 1 fully saturated rings. The zero-order valence-corrected chi connectivity index (χ0v) is 11.2. The monoisotopic (exact) mass is 228 g/mol. The fourth-order valence-corrected chi connectivity index (χ4v) is 2.76. The molecule has 0 aromatic rings. The second kappa shape index (κ2) is 6.41. The minimum Gasteiger partial charge on any atom is -0.361 e. The Bertz CT molecular complexity index is 212. The Kier molecular flexibility index (Phi) is 5.51. The van der Waals surface area contributed by atoms with E-state index in [0.717, 1.165) is 17.6 Å². The van der Waals surface area contributed by atoms with Gasteiger partial charge >= 0.3 is 0 Å². The van der Waals surface area contributed by atoms with Crippen LogP contribution in [0.4, 0.5) is 0 Å². The van der Waals surface area contributed by atoms with E-state index in [1.807, 2.05) is 11.8 Å². The van der Waals surface area contributed by atoms with Crippen molar-refractivity contribution in [3.05, 3.63) is 0 Å². The summed E-state index contributed by atoms with van der Waals surface area (Å²) in [7, 11) is 0. The molecule has 0 aliphatic carbocycles. The van der Waals surface area contributed by atoms with Gasteiger partial charge in [-0.3, -0.25) is 4.99 Å². The van der Waals surface area contributed by atoms with Gasteiger partial charge in [0.2, 0.25) is 0 Å². The van der Waals surface area contributed by atoms with E-state index in [1.165, 1.54) is 18.6 Å². The average Bonchev–Trinajstić information content (AvgIpc) is 2.60. The van der Waals surface area contributed by atoms with E-state index >= 15 is 0 Å². The van der Waals surface area contributed by atoms with Crippen molar-refractivity contribution in [2.75, 3.05) is 12.3 Å². The zero-order valence-electron chi connectivity index (χ0n) is 10.4. The molecule has 1 atom stereocenters. The molecule has 0 spiro atoms. The predicted molar refractivity (Wildman–Crippen MR) is 70.6 cm³/mol. The second-order valence-corrected chi connectivity index (χ2v) is 6.04. The molecule has 0 aromatic heterocycles. The summed E-state index contributed by atoms with van der Waals surface area (Å²) in [5.41, 5.74) is 0. The third-order valence-electron chi connectivity index (χ3n) is 2.71. The van der Waals surface area contributed by atoms with E-state index in [0.29, 0.717) is 12.0 Å². The molecule has 3 heteroatoms. The Morgan fingerprint density at radius 3 is 2.67 bits per heavy atom. The molecule has 1 aliphatic heterocycles. The first-order valence-corrected chi connectivity index (χ1v) is 7.02. The third-order valence-corrected chi connectivity index (χ3v) is 3.75. The molecule has 1 N–H and O–H groups in total. The summed E-state index contributed by atoms with van der Waals surface area (Å²) in [5.74, 6) is 2.69. The Morgan fingerprint density at radius 2 is 2.13 bits per heavy atom. The van der Waals surface area contributed by atoms with Gasteiger partial charge in [-0.1, -0.05) is 39.5 Å². The maximum absolute atomic E-state index is 4.60. The molecule has 2 nitrogen and oxygen atoms in total.